The van der Waals surface area contributed by atoms with E-state index in [9.17, 15) is 0 Å². The Morgan fingerprint density at radius 2 is 1.38 bits per heavy atom. The molecular formula is C3H9FeO3S. The van der Waals surface area contributed by atoms with E-state index in [0.29, 0.717) is 0 Å². The predicted octanol–water partition coefficient (Wildman–Crippen LogP) is 1.06. The molecule has 0 saturated heterocycles. The second-order valence-electron chi connectivity index (χ2n) is 0.217. The molecule has 1 radical (unpaired) electrons. The Bertz CT molecular complexity index is 62.9. The fourth-order valence-corrected chi connectivity index (χ4v) is 0. The van der Waals surface area contributed by atoms with Crippen molar-refractivity contribution in [1.82, 2.24) is 0 Å². The van der Waals surface area contributed by atoms with Crippen LogP contribution in [0.3, 0.4) is 0 Å². The summed E-state index contributed by atoms with van der Waals surface area (Å²) in [5.41, 5.74) is 0. The molecule has 0 aliphatic rings. The van der Waals surface area contributed by atoms with Gasteiger partial charge >= 0.3 is 17.1 Å². The van der Waals surface area contributed by atoms with E-state index in [4.69, 9.17) is 13.0 Å². The second kappa shape index (κ2) is 26.1. The summed E-state index contributed by atoms with van der Waals surface area (Å²) in [5.74, 6) is 0. The molecule has 0 amide bonds. The molecule has 0 bridgehead atoms. The van der Waals surface area contributed by atoms with Crippen LogP contribution in [0.2, 0.25) is 0 Å². The van der Waals surface area contributed by atoms with Gasteiger partial charge < -0.3 is 27.3 Å². The maximum absolute atomic E-state index is 8.56. The molecule has 0 unspecified atom stereocenters. The fraction of sp³-hybridized carbons (Fsp3) is 0.333. The van der Waals surface area contributed by atoms with Crippen LogP contribution in [0.25, 0.3) is 0 Å². The van der Waals surface area contributed by atoms with Gasteiger partial charge in [0, 0.05) is 11.0 Å². The van der Waals surface area contributed by atoms with E-state index >= 15 is 0 Å². The maximum atomic E-state index is 8.56. The average Bonchev–Trinajstić information content (AvgIpc) is 1.41. The summed E-state index contributed by atoms with van der Waals surface area (Å²) in [5, 5.41) is 0. The summed E-state index contributed by atoms with van der Waals surface area (Å²) in [4.78, 5) is 0. The molecule has 53 valence electrons. The average molecular weight is 181 g/mol. The van der Waals surface area contributed by atoms with Gasteiger partial charge in [0.1, 0.15) is 0 Å². The molecule has 0 fully saturated rings. The topological polar surface area (TPSA) is 54.4 Å². The van der Waals surface area contributed by atoms with Crippen molar-refractivity contribution in [3.63, 3.8) is 0 Å². The fourth-order valence-electron chi connectivity index (χ4n) is 0. The summed E-state index contributed by atoms with van der Waals surface area (Å²) in [6, 6.07) is 0. The molecule has 5 heteroatoms. The normalized spacial score (nSPS) is 5.00. The van der Waals surface area contributed by atoms with Gasteiger partial charge in [-0.1, -0.05) is 0 Å². The van der Waals surface area contributed by atoms with Gasteiger partial charge in [-0.05, 0) is 0 Å². The molecule has 3 nitrogen and oxygen atoms in total. The quantitative estimate of drug-likeness (QED) is 0.200. The number of hydrogen-bond acceptors (Lipinski definition) is 3. The van der Waals surface area contributed by atoms with Gasteiger partial charge in [-0.25, -0.2) is 0 Å². The van der Waals surface area contributed by atoms with Crippen molar-refractivity contribution in [2.45, 2.75) is 6.92 Å². The van der Waals surface area contributed by atoms with Gasteiger partial charge in [0.15, 0.2) is 0 Å². The third kappa shape index (κ3) is 1030. The van der Waals surface area contributed by atoms with Gasteiger partial charge in [0.05, 0.1) is 0 Å². The molecule has 0 rings (SSSR count). The van der Waals surface area contributed by atoms with Gasteiger partial charge in [-0.3, -0.25) is 0 Å². The van der Waals surface area contributed by atoms with Gasteiger partial charge in [0.25, 0.3) is 0 Å². The Morgan fingerprint density at radius 3 is 1.38 bits per heavy atom. The molecule has 0 aromatic rings. The predicted molar refractivity (Wildman–Crippen MR) is 28.8 cm³/mol. The van der Waals surface area contributed by atoms with Crippen LogP contribution in [0.4, 0.5) is 0 Å². The summed E-state index contributed by atoms with van der Waals surface area (Å²) in [7, 11) is -2.86. The van der Waals surface area contributed by atoms with E-state index in [1.165, 1.54) is 0 Å². The van der Waals surface area contributed by atoms with E-state index in [1.807, 2.05) is 0 Å². The molecule has 0 saturated carbocycles. The molecule has 8 heavy (non-hydrogen) atoms. The number of rotatable bonds is 0. The summed E-state index contributed by atoms with van der Waals surface area (Å²) in [6.07, 6.45) is 0. The minimum absolute atomic E-state index is 0. The third-order valence-electron chi connectivity index (χ3n) is 0. The van der Waals surface area contributed by atoms with E-state index in [-0.39, 0.29) is 24.5 Å². The minimum atomic E-state index is -2.86. The summed E-state index contributed by atoms with van der Waals surface area (Å²) >= 11 is 0. The van der Waals surface area contributed by atoms with Crippen molar-refractivity contribution in [2.75, 3.05) is 0 Å². The third-order valence-corrected chi connectivity index (χ3v) is 0. The molecular weight excluding hydrogens is 172 g/mol. The van der Waals surface area contributed by atoms with Crippen molar-refractivity contribution < 1.29 is 30.0 Å². The molecule has 1 N–H and O–H groups in total. The summed E-state index contributed by atoms with van der Waals surface area (Å²) in [6.45, 7) is 5.00. The Hall–Kier alpha value is 0.429. The minimum Gasteiger partial charge on any atom is -0.439 e. The van der Waals surface area contributed by atoms with E-state index < -0.39 is 11.0 Å². The Morgan fingerprint density at radius 1 is 1.38 bits per heavy atom. The van der Waals surface area contributed by atoms with Crippen LogP contribution < -0.4 is 0 Å². The van der Waals surface area contributed by atoms with Gasteiger partial charge in [-0.2, -0.15) is 6.92 Å². The maximum Gasteiger partial charge on any atom is 3.00 e. The van der Waals surface area contributed by atoms with E-state index in [0.717, 1.165) is 0 Å². The molecule has 0 spiro atoms. The first-order valence-electron chi connectivity index (χ1n) is 1.22. The van der Waals surface area contributed by atoms with Crippen molar-refractivity contribution >= 4 is 11.0 Å². The zero-order chi connectivity index (χ0) is 5.58. The van der Waals surface area contributed by atoms with Crippen LogP contribution in [0.5, 0.6) is 0 Å². The Balaban J connectivity index is -0.0000000183. The first-order chi connectivity index (χ1) is 2.73. The second-order valence-corrected chi connectivity index (χ2v) is 0.651. The molecule has 0 aromatic carbocycles. The van der Waals surface area contributed by atoms with Crippen LogP contribution in [0.15, 0.2) is 0 Å². The first-order valence-corrected chi connectivity index (χ1v) is 2.25. The van der Waals surface area contributed by atoms with Crippen molar-refractivity contribution in [3.05, 3.63) is 14.4 Å². The zero-order valence-corrected chi connectivity index (χ0v) is 6.65. The zero-order valence-electron chi connectivity index (χ0n) is 4.73. The van der Waals surface area contributed by atoms with Crippen molar-refractivity contribution in [3.8, 4) is 0 Å². The summed E-state index contributed by atoms with van der Waals surface area (Å²) < 4.78 is 24.1. The molecule has 0 aromatic heterocycles. The molecule has 0 aliphatic carbocycles. The molecule has 0 aliphatic heterocycles. The van der Waals surface area contributed by atoms with Gasteiger partial charge in [-0.15, -0.1) is 0 Å². The standard InChI is InChI=1S/C2H5.CH3.Fe.HO3S/c1-2;;;1-4(2)3/h1H2,2H3;1H3;;(H,1,2,3)/q2*-1;+3;-1. The monoisotopic (exact) mass is 181 g/mol. The van der Waals surface area contributed by atoms with Crippen molar-refractivity contribution in [1.29, 1.82) is 0 Å². The number of hydrogen-bond donors (Lipinski definition) is 1. The van der Waals surface area contributed by atoms with Crippen LogP contribution in [0, 0.1) is 14.4 Å². The van der Waals surface area contributed by atoms with E-state index in [2.05, 4.69) is 6.92 Å². The smallest absolute Gasteiger partial charge is 0.439 e. The van der Waals surface area contributed by atoms with Crippen LogP contribution in [-0.4, -0.2) is 4.55 Å². The molecule has 0 heterocycles. The van der Waals surface area contributed by atoms with Gasteiger partial charge in [0.2, 0.25) is 0 Å². The SMILES string of the molecule is O=[S-](=O)O.[CH2-]C.[CH3-].[Fe+3]. The van der Waals surface area contributed by atoms with Crippen LogP contribution in [-0.2, 0) is 36.5 Å². The largest absolute Gasteiger partial charge is 3.00 e. The Labute approximate surface area is 62.7 Å². The molecule has 0 atom stereocenters. The van der Waals surface area contributed by atoms with Crippen molar-refractivity contribution in [2.24, 2.45) is 0 Å². The Kier molecular flexibility index (Phi) is 77.4. The first kappa shape index (κ1) is 23.7. The van der Waals surface area contributed by atoms with Crippen LogP contribution >= 0.6 is 0 Å². The van der Waals surface area contributed by atoms with Crippen LogP contribution in [0.1, 0.15) is 6.92 Å². The van der Waals surface area contributed by atoms with E-state index in [1.54, 1.807) is 6.92 Å².